The number of esters is 1. The van der Waals surface area contributed by atoms with Crippen molar-refractivity contribution in [2.75, 3.05) is 13.2 Å². The van der Waals surface area contributed by atoms with Gasteiger partial charge in [0.25, 0.3) is 11.8 Å². The Bertz CT molecular complexity index is 4170. The molecule has 4 heterocycles. The van der Waals surface area contributed by atoms with Gasteiger partial charge < -0.3 is 38.8 Å². The van der Waals surface area contributed by atoms with Crippen LogP contribution in [0.3, 0.4) is 0 Å². The van der Waals surface area contributed by atoms with Crippen molar-refractivity contribution >= 4 is 53.8 Å². The second-order valence-corrected chi connectivity index (χ2v) is 30.1. The Balaban J connectivity index is 0.000000188. The number of hydrogen-bond acceptors (Lipinski definition) is 11. The van der Waals surface area contributed by atoms with Crippen molar-refractivity contribution < 1.29 is 51.6 Å². The third kappa shape index (κ3) is 14.8. The molecule has 0 saturated carbocycles. The summed E-state index contributed by atoms with van der Waals surface area (Å²) < 4.78 is 58.8. The lowest BCUT2D eigenvalue weighted by atomic mass is 9.99. The highest BCUT2D eigenvalue weighted by Gasteiger charge is 2.40. The number of benzene rings is 8. The third-order valence-electron chi connectivity index (χ3n) is 15.4. The van der Waals surface area contributed by atoms with E-state index in [1.54, 1.807) is 79.4 Å². The van der Waals surface area contributed by atoms with E-state index in [1.165, 1.54) is 24.3 Å². The molecule has 0 unspecified atom stereocenters. The van der Waals surface area contributed by atoms with Gasteiger partial charge in [-0.2, -0.15) is 0 Å². The predicted molar refractivity (Wildman–Crippen MR) is 348 cm³/mol. The molecule has 91 heavy (non-hydrogen) atoms. The van der Waals surface area contributed by atoms with E-state index in [0.29, 0.717) is 64.3 Å². The number of nitrogens with one attached hydrogen (secondary N) is 1. The highest BCUT2D eigenvalue weighted by atomic mass is 28.3. The third-order valence-corrected chi connectivity index (χ3v) is 17.1. The fraction of sp³-hybridized carbons (Fsp3) is 0.216. The highest BCUT2D eigenvalue weighted by Crippen LogP contribution is 2.49. The minimum absolute atomic E-state index is 0.0722. The first-order valence-corrected chi connectivity index (χ1v) is 33.8. The lowest BCUT2D eigenvalue weighted by Crippen LogP contribution is -2.36. The van der Waals surface area contributed by atoms with Crippen LogP contribution in [-0.2, 0) is 35.7 Å². The Morgan fingerprint density at radius 3 is 1.33 bits per heavy atom. The number of halogens is 2. The van der Waals surface area contributed by atoms with Crippen molar-refractivity contribution in [2.24, 2.45) is 0 Å². The maximum atomic E-state index is 14.3. The molecule has 1 N–H and O–H groups in total. The van der Waals surface area contributed by atoms with Crippen LogP contribution in [0.15, 0.2) is 207 Å². The molecule has 2 aromatic heterocycles. The number of carbonyl (C=O) groups excluding carboxylic acids is 4. The lowest BCUT2D eigenvalue weighted by Gasteiger charge is -2.24. The number of amides is 3. The molecular formula is C74H69F2N5O9Si. The molecular weight excluding hydrogens is 1170 g/mol. The smallest absolute Gasteiger partial charge is 0.413 e. The Kier molecular flexibility index (Phi) is 18.7. The Morgan fingerprint density at radius 1 is 0.538 bits per heavy atom. The van der Waals surface area contributed by atoms with Crippen LogP contribution in [-0.4, -0.2) is 70.5 Å². The van der Waals surface area contributed by atoms with Crippen LogP contribution in [0.1, 0.15) is 98.2 Å². The first-order chi connectivity index (χ1) is 43.9. The van der Waals surface area contributed by atoms with Crippen LogP contribution < -0.4 is 24.3 Å². The minimum Gasteiger partial charge on any atom is -0.493 e. The summed E-state index contributed by atoms with van der Waals surface area (Å²) in [5, 5.41) is 3.71. The monoisotopic (exact) mass is 1240 g/mol. The van der Waals surface area contributed by atoms with Gasteiger partial charge in [0.15, 0.2) is 11.5 Å². The molecule has 12 rings (SSSR count). The van der Waals surface area contributed by atoms with Crippen LogP contribution in [0, 0.1) is 11.6 Å². The van der Waals surface area contributed by atoms with Crippen molar-refractivity contribution in [1.29, 1.82) is 0 Å². The van der Waals surface area contributed by atoms with E-state index in [9.17, 15) is 28.0 Å². The zero-order valence-corrected chi connectivity index (χ0v) is 52.5. The predicted octanol–water partition coefficient (Wildman–Crippen LogP) is 15.5. The standard InChI is InChI=1S/C38H34FN3O6.C36H35FN2O3Si/c1-38(2,3)48-30(43)21-41-37(45)47-34-28-15-10-20-40-32(28)35(46-33(25-11-6-4-7-12-25)26-13-8-5-9-14-26)31-29(34)23-42(36(31)44)22-24-16-18-27(39)19-17-24;1-43(2,3)22-21-41-34-29-15-10-20-38-32(29)35(42-33(26-11-6-4-7-12-26)27-13-8-5-9-14-27)31-30(34)24-39(36(31)40)23-25-16-18-28(37)19-17-25/h4-20,33H,21-23H2,1-3H3,(H,41,45);4-20,33H,21-24H2,1-3H3. The van der Waals surface area contributed by atoms with Crippen molar-refractivity contribution in [3.63, 3.8) is 0 Å². The van der Waals surface area contributed by atoms with Gasteiger partial charge in [-0.3, -0.25) is 24.4 Å². The molecule has 2 aliphatic rings. The fourth-order valence-electron chi connectivity index (χ4n) is 11.1. The van der Waals surface area contributed by atoms with Crippen molar-refractivity contribution in [2.45, 2.75) is 90.4 Å². The number of rotatable bonds is 19. The summed E-state index contributed by atoms with van der Waals surface area (Å²) in [7, 11) is -1.37. The van der Waals surface area contributed by atoms with Crippen LogP contribution in [0.4, 0.5) is 13.6 Å². The summed E-state index contributed by atoms with van der Waals surface area (Å²) in [6.07, 6.45) is 1.32. The zero-order chi connectivity index (χ0) is 63.8. The molecule has 17 heteroatoms. The molecule has 8 aromatic carbocycles. The molecule has 2 aliphatic heterocycles. The van der Waals surface area contributed by atoms with E-state index >= 15 is 0 Å². The molecule has 0 bridgehead atoms. The van der Waals surface area contributed by atoms with E-state index in [2.05, 4.69) is 29.9 Å². The number of nitrogens with zero attached hydrogens (tertiary/aromatic N) is 4. The number of carbonyl (C=O) groups is 4. The Labute approximate surface area is 528 Å². The summed E-state index contributed by atoms with van der Waals surface area (Å²) in [5.74, 6) is -0.343. The normalized spacial score (nSPS) is 12.8. The molecule has 0 aliphatic carbocycles. The average Bonchev–Trinajstić information content (AvgIpc) is 1.69. The number of aromatic nitrogens is 2. The second kappa shape index (κ2) is 27.2. The molecule has 0 spiro atoms. The number of fused-ring (bicyclic) bond motifs is 4. The van der Waals surface area contributed by atoms with Crippen molar-refractivity contribution in [1.82, 2.24) is 25.1 Å². The zero-order valence-electron chi connectivity index (χ0n) is 51.5. The molecule has 14 nitrogen and oxygen atoms in total. The van der Waals surface area contributed by atoms with Crippen molar-refractivity contribution in [3.05, 3.63) is 274 Å². The molecule has 10 aromatic rings. The summed E-state index contributed by atoms with van der Waals surface area (Å²) >= 11 is 0. The van der Waals surface area contributed by atoms with E-state index in [1.807, 2.05) is 133 Å². The van der Waals surface area contributed by atoms with Gasteiger partial charge in [-0.05, 0) is 109 Å². The topological polar surface area (TPSA) is 159 Å². The van der Waals surface area contributed by atoms with E-state index in [4.69, 9.17) is 28.7 Å². The van der Waals surface area contributed by atoms with Crippen LogP contribution in [0.5, 0.6) is 23.0 Å². The van der Waals surface area contributed by atoms with Gasteiger partial charge in [-0.1, -0.05) is 165 Å². The van der Waals surface area contributed by atoms with Gasteiger partial charge in [0.2, 0.25) is 0 Å². The van der Waals surface area contributed by atoms with Gasteiger partial charge in [0, 0.05) is 55.5 Å². The number of ether oxygens (including phenoxy) is 5. The SMILES string of the molecule is CC(C)(C)OC(=O)CNC(=O)Oc1c2c(c(OC(c3ccccc3)c3ccccc3)c3ncccc13)C(=O)N(Cc1ccc(F)cc1)C2.C[Si](C)(C)CCOc1c2c(c(OC(c3ccccc3)c3ccccc3)c3ncccc13)C(=O)N(Cc1ccc(F)cc1)C2. The lowest BCUT2D eigenvalue weighted by molar-refractivity contribution is -0.153. The highest BCUT2D eigenvalue weighted by molar-refractivity contribution is 6.76. The summed E-state index contributed by atoms with van der Waals surface area (Å²) in [5.41, 5.74) is 7.31. The van der Waals surface area contributed by atoms with E-state index < -0.39 is 44.5 Å². The van der Waals surface area contributed by atoms with E-state index in [-0.39, 0.29) is 53.6 Å². The van der Waals surface area contributed by atoms with Crippen LogP contribution in [0.25, 0.3) is 21.8 Å². The van der Waals surface area contributed by atoms with Crippen molar-refractivity contribution in [3.8, 4) is 23.0 Å². The van der Waals surface area contributed by atoms with E-state index in [0.717, 1.165) is 44.8 Å². The molecule has 3 amide bonds. The minimum atomic E-state index is -1.37. The van der Waals surface area contributed by atoms with Gasteiger partial charge in [0.05, 0.1) is 30.8 Å². The van der Waals surface area contributed by atoms with Crippen LogP contribution >= 0.6 is 0 Å². The van der Waals surface area contributed by atoms with Gasteiger partial charge in [-0.15, -0.1) is 0 Å². The largest absolute Gasteiger partial charge is 0.493 e. The molecule has 0 fully saturated rings. The maximum Gasteiger partial charge on any atom is 0.413 e. The molecule has 0 atom stereocenters. The number of pyridine rings is 2. The Morgan fingerprint density at radius 2 is 0.934 bits per heavy atom. The maximum absolute atomic E-state index is 14.3. The molecule has 0 saturated heterocycles. The Hall–Kier alpha value is -10.3. The molecule has 0 radical (unpaired) electrons. The summed E-state index contributed by atoms with van der Waals surface area (Å²) in [4.78, 5) is 66.7. The quantitative estimate of drug-likeness (QED) is 0.0606. The second-order valence-electron chi connectivity index (χ2n) is 24.5. The van der Waals surface area contributed by atoms with Gasteiger partial charge in [0.1, 0.15) is 58.5 Å². The first kappa shape index (κ1) is 62.3. The van der Waals surface area contributed by atoms with Crippen LogP contribution in [0.2, 0.25) is 25.7 Å². The first-order valence-electron chi connectivity index (χ1n) is 30.1. The fourth-order valence-corrected chi connectivity index (χ4v) is 11.8. The number of hydrogen-bond donors (Lipinski definition) is 1. The average molecular weight is 1240 g/mol. The summed E-state index contributed by atoms with van der Waals surface area (Å²) in [6.45, 7) is 13.2. The van der Waals surface area contributed by atoms with Gasteiger partial charge in [-0.25, -0.2) is 13.6 Å². The molecule has 462 valence electrons. The summed E-state index contributed by atoms with van der Waals surface area (Å²) in [6, 6.07) is 59.8. The van der Waals surface area contributed by atoms with Gasteiger partial charge >= 0.3 is 12.1 Å².